The van der Waals surface area contributed by atoms with Crippen LogP contribution in [0.2, 0.25) is 0 Å². The van der Waals surface area contributed by atoms with Crippen molar-refractivity contribution in [3.05, 3.63) is 28.7 Å². The Kier molecular flexibility index (Phi) is 5.61. The molecule has 3 heterocycles. The molecule has 0 saturated carbocycles. The van der Waals surface area contributed by atoms with E-state index in [2.05, 4.69) is 52.9 Å². The van der Waals surface area contributed by atoms with Crippen molar-refractivity contribution >= 4 is 22.1 Å². The first kappa shape index (κ1) is 18.8. The van der Waals surface area contributed by atoms with Gasteiger partial charge in [0.25, 0.3) is 0 Å². The zero-order valence-electron chi connectivity index (χ0n) is 16.7. The van der Waals surface area contributed by atoms with E-state index in [1.54, 1.807) is 11.3 Å². The van der Waals surface area contributed by atoms with Crippen LogP contribution in [0.4, 0.5) is 5.13 Å². The molecular formula is C20H29N5S. The van der Waals surface area contributed by atoms with Crippen molar-refractivity contribution in [2.24, 2.45) is 0 Å². The van der Waals surface area contributed by atoms with Crippen LogP contribution in [0.3, 0.4) is 0 Å². The summed E-state index contributed by atoms with van der Waals surface area (Å²) in [6.07, 6.45) is 3.31. The smallest absolute Gasteiger partial charge is 0.183 e. The monoisotopic (exact) mass is 371 g/mol. The number of hydrogen-bond donors (Lipinski definition) is 1. The van der Waals surface area contributed by atoms with Gasteiger partial charge in [-0.1, -0.05) is 32.1 Å². The highest BCUT2D eigenvalue weighted by Crippen LogP contribution is 2.37. The summed E-state index contributed by atoms with van der Waals surface area (Å²) in [5.74, 6) is 0.512. The van der Waals surface area contributed by atoms with Gasteiger partial charge in [0.15, 0.2) is 10.8 Å². The Labute approximate surface area is 159 Å². The second kappa shape index (κ2) is 7.74. The highest BCUT2D eigenvalue weighted by atomic mass is 32.1. The van der Waals surface area contributed by atoms with Crippen LogP contribution in [0.1, 0.15) is 68.6 Å². The molecule has 140 valence electrons. The van der Waals surface area contributed by atoms with Crippen LogP contribution in [0, 0.1) is 20.8 Å². The van der Waals surface area contributed by atoms with Crippen molar-refractivity contribution in [1.29, 1.82) is 0 Å². The molecule has 6 heteroatoms. The predicted octanol–water partition coefficient (Wildman–Crippen LogP) is 5.50. The van der Waals surface area contributed by atoms with Gasteiger partial charge < -0.3 is 5.32 Å². The molecule has 3 aromatic rings. The number of thiazole rings is 1. The van der Waals surface area contributed by atoms with Gasteiger partial charge >= 0.3 is 0 Å². The maximum atomic E-state index is 4.92. The van der Waals surface area contributed by atoms with Gasteiger partial charge in [-0.25, -0.2) is 14.5 Å². The molecule has 5 nitrogen and oxygen atoms in total. The molecule has 0 aromatic carbocycles. The highest BCUT2D eigenvalue weighted by Gasteiger charge is 2.22. The average molecular weight is 372 g/mol. The fourth-order valence-electron chi connectivity index (χ4n) is 3.49. The van der Waals surface area contributed by atoms with Gasteiger partial charge in [-0.3, -0.25) is 0 Å². The maximum absolute atomic E-state index is 4.92. The van der Waals surface area contributed by atoms with E-state index in [-0.39, 0.29) is 0 Å². The first-order chi connectivity index (χ1) is 12.5. The van der Waals surface area contributed by atoms with Crippen molar-refractivity contribution in [2.75, 3.05) is 11.9 Å². The molecule has 0 atom stereocenters. The molecular weight excluding hydrogens is 342 g/mol. The summed E-state index contributed by atoms with van der Waals surface area (Å²) in [4.78, 5) is 10.8. The van der Waals surface area contributed by atoms with Crippen LogP contribution in [-0.2, 0) is 0 Å². The average Bonchev–Trinajstić information content (AvgIpc) is 3.12. The Bertz CT molecular complexity index is 905. The number of imidazole rings is 1. The minimum Gasteiger partial charge on any atom is -0.362 e. The van der Waals surface area contributed by atoms with E-state index in [4.69, 9.17) is 15.1 Å². The molecule has 0 aliphatic heterocycles. The molecule has 0 fully saturated rings. The minimum absolute atomic E-state index is 0.512. The number of hydrogen-bond acceptors (Lipinski definition) is 5. The first-order valence-corrected chi connectivity index (χ1v) is 10.4. The topological polar surface area (TPSA) is 55.1 Å². The van der Waals surface area contributed by atoms with E-state index in [1.165, 1.54) is 5.56 Å². The summed E-state index contributed by atoms with van der Waals surface area (Å²) in [6.45, 7) is 13.8. The second-order valence-corrected chi connectivity index (χ2v) is 7.90. The zero-order chi connectivity index (χ0) is 18.8. The number of aryl methyl sites for hydroxylation is 3. The molecule has 26 heavy (non-hydrogen) atoms. The van der Waals surface area contributed by atoms with Crippen LogP contribution < -0.4 is 5.32 Å². The summed E-state index contributed by atoms with van der Waals surface area (Å²) in [5.41, 5.74) is 6.46. The SMILES string of the molecule is CCCNc1nc(C)c(-c2c(C)nc3c(C(CC)CC)cc(C)nn23)s1. The van der Waals surface area contributed by atoms with Gasteiger partial charge in [-0.05, 0) is 52.0 Å². The minimum atomic E-state index is 0.512. The summed E-state index contributed by atoms with van der Waals surface area (Å²) < 4.78 is 2.04. The standard InChI is InChI=1S/C20H29N5S/c1-7-10-21-20-23-14(6)18(26-20)17-13(5)22-19-16(15(8-2)9-3)11-12(4)24-25(17)19/h11,15H,7-10H2,1-6H3,(H,21,23). The lowest BCUT2D eigenvalue weighted by Crippen LogP contribution is -2.05. The van der Waals surface area contributed by atoms with Crippen molar-refractivity contribution in [2.45, 2.75) is 66.7 Å². The number of fused-ring (bicyclic) bond motifs is 1. The van der Waals surface area contributed by atoms with E-state index in [0.29, 0.717) is 5.92 Å². The fourth-order valence-corrected chi connectivity index (χ4v) is 4.57. The maximum Gasteiger partial charge on any atom is 0.183 e. The molecule has 0 saturated heterocycles. The van der Waals surface area contributed by atoms with Crippen LogP contribution in [0.25, 0.3) is 16.2 Å². The molecule has 0 aliphatic carbocycles. The Morgan fingerprint density at radius 3 is 2.46 bits per heavy atom. The molecule has 3 rings (SSSR count). The lowest BCUT2D eigenvalue weighted by molar-refractivity contribution is 0.638. The quantitative estimate of drug-likeness (QED) is 0.595. The molecule has 3 aromatic heterocycles. The van der Waals surface area contributed by atoms with E-state index in [1.807, 2.05) is 4.52 Å². The lowest BCUT2D eigenvalue weighted by atomic mass is 9.95. The molecule has 0 radical (unpaired) electrons. The molecule has 0 unspecified atom stereocenters. The third kappa shape index (κ3) is 3.34. The van der Waals surface area contributed by atoms with Gasteiger partial charge in [-0.2, -0.15) is 5.10 Å². The van der Waals surface area contributed by atoms with E-state index >= 15 is 0 Å². The van der Waals surface area contributed by atoms with Gasteiger partial charge in [0.05, 0.1) is 22.0 Å². The molecule has 0 aliphatic rings. The van der Waals surface area contributed by atoms with Crippen molar-refractivity contribution in [3.8, 4) is 10.6 Å². The number of rotatable bonds is 7. The highest BCUT2D eigenvalue weighted by molar-refractivity contribution is 7.19. The first-order valence-electron chi connectivity index (χ1n) is 9.58. The predicted molar refractivity (Wildman–Crippen MR) is 110 cm³/mol. The largest absolute Gasteiger partial charge is 0.362 e. The van der Waals surface area contributed by atoms with Crippen LogP contribution >= 0.6 is 11.3 Å². The summed E-state index contributed by atoms with van der Waals surface area (Å²) in [7, 11) is 0. The zero-order valence-corrected chi connectivity index (χ0v) is 17.5. The Hall–Kier alpha value is -1.95. The van der Waals surface area contributed by atoms with Gasteiger partial charge in [0, 0.05) is 12.1 Å². The van der Waals surface area contributed by atoms with Crippen molar-refractivity contribution < 1.29 is 0 Å². The van der Waals surface area contributed by atoms with Crippen LogP contribution in [-0.4, -0.2) is 26.1 Å². The molecule has 0 amide bonds. The van der Waals surface area contributed by atoms with E-state index < -0.39 is 0 Å². The van der Waals surface area contributed by atoms with E-state index in [0.717, 1.165) is 64.2 Å². The molecule has 0 spiro atoms. The number of aromatic nitrogens is 4. The summed E-state index contributed by atoms with van der Waals surface area (Å²) in [6, 6.07) is 2.21. The number of nitrogens with zero attached hydrogens (tertiary/aromatic N) is 4. The van der Waals surface area contributed by atoms with Crippen LogP contribution in [0.15, 0.2) is 6.07 Å². The van der Waals surface area contributed by atoms with Gasteiger partial charge in [0.2, 0.25) is 0 Å². The van der Waals surface area contributed by atoms with Crippen molar-refractivity contribution in [3.63, 3.8) is 0 Å². The third-order valence-electron chi connectivity index (χ3n) is 4.87. The second-order valence-electron chi connectivity index (χ2n) is 6.90. The number of anilines is 1. The van der Waals surface area contributed by atoms with Gasteiger partial charge in [-0.15, -0.1) is 0 Å². The van der Waals surface area contributed by atoms with Crippen molar-refractivity contribution in [1.82, 2.24) is 19.6 Å². The Balaban J connectivity index is 2.19. The van der Waals surface area contributed by atoms with E-state index in [9.17, 15) is 0 Å². The Morgan fingerprint density at radius 2 is 1.81 bits per heavy atom. The lowest BCUT2D eigenvalue weighted by Gasteiger charge is -2.14. The number of nitrogens with one attached hydrogen (secondary N) is 1. The molecule has 1 N–H and O–H groups in total. The Morgan fingerprint density at radius 1 is 1.08 bits per heavy atom. The summed E-state index contributed by atoms with van der Waals surface area (Å²) >= 11 is 1.69. The third-order valence-corrected chi connectivity index (χ3v) is 5.99. The van der Waals surface area contributed by atoms with Crippen LogP contribution in [0.5, 0.6) is 0 Å². The fraction of sp³-hybridized carbons (Fsp3) is 0.550. The van der Waals surface area contributed by atoms with Gasteiger partial charge in [0.1, 0.15) is 5.69 Å². The summed E-state index contributed by atoms with van der Waals surface area (Å²) in [5, 5.41) is 9.18. The molecule has 0 bridgehead atoms. The normalized spacial score (nSPS) is 11.7.